The molecule has 0 radical (unpaired) electrons. The number of hydrogen-bond donors (Lipinski definition) is 1. The molecule has 3 rings (SSSR count). The van der Waals surface area contributed by atoms with Crippen molar-refractivity contribution in [3.05, 3.63) is 81.6 Å². The van der Waals surface area contributed by atoms with Crippen LogP contribution in [-0.4, -0.2) is 10.9 Å². The number of amides is 1. The van der Waals surface area contributed by atoms with Crippen LogP contribution >= 0.6 is 22.6 Å². The smallest absolute Gasteiger partial charge is 0.255 e. The Hall–Kier alpha value is -2.21. The van der Waals surface area contributed by atoms with Gasteiger partial charge in [0.2, 0.25) is 0 Å². The Morgan fingerprint density at radius 1 is 1.00 bits per heavy atom. The first-order valence-corrected chi connectivity index (χ1v) is 8.86. The van der Waals surface area contributed by atoms with Crippen LogP contribution in [0.4, 0.5) is 5.69 Å². The van der Waals surface area contributed by atoms with Crippen LogP contribution in [0.25, 0.3) is 11.3 Å². The molecule has 0 bridgehead atoms. The van der Waals surface area contributed by atoms with E-state index in [2.05, 4.69) is 45.9 Å². The van der Waals surface area contributed by atoms with Gasteiger partial charge in [0.05, 0.1) is 5.69 Å². The first kappa shape index (κ1) is 16.6. The van der Waals surface area contributed by atoms with E-state index in [1.165, 1.54) is 5.56 Å². The maximum Gasteiger partial charge on any atom is 0.255 e. The lowest BCUT2D eigenvalue weighted by Gasteiger charge is -2.07. The fourth-order valence-electron chi connectivity index (χ4n) is 2.33. The molecular formula is C20H17IN2O. The van der Waals surface area contributed by atoms with Crippen molar-refractivity contribution >= 4 is 34.2 Å². The van der Waals surface area contributed by atoms with Crippen LogP contribution in [0.5, 0.6) is 0 Å². The third kappa shape index (κ3) is 4.00. The Labute approximate surface area is 155 Å². The first-order valence-electron chi connectivity index (χ1n) is 7.78. The van der Waals surface area contributed by atoms with Gasteiger partial charge in [-0.3, -0.25) is 9.78 Å². The van der Waals surface area contributed by atoms with Gasteiger partial charge in [-0.2, -0.15) is 0 Å². The lowest BCUT2D eigenvalue weighted by atomic mass is 10.1. The van der Waals surface area contributed by atoms with E-state index in [0.29, 0.717) is 5.56 Å². The SMILES string of the molecule is CCc1ccc(-c2ccc(C(=O)Nc3ccc(I)cc3)cc2)nc1. The molecule has 0 fully saturated rings. The van der Waals surface area contributed by atoms with Gasteiger partial charge in [-0.05, 0) is 77.0 Å². The number of aryl methyl sites for hydroxylation is 1. The van der Waals surface area contributed by atoms with Crippen molar-refractivity contribution in [1.29, 1.82) is 0 Å². The van der Waals surface area contributed by atoms with Crippen LogP contribution in [-0.2, 0) is 6.42 Å². The summed E-state index contributed by atoms with van der Waals surface area (Å²) in [6.45, 7) is 2.11. The van der Waals surface area contributed by atoms with Gasteiger partial charge in [0, 0.05) is 26.6 Å². The summed E-state index contributed by atoms with van der Waals surface area (Å²) in [6.07, 6.45) is 2.87. The molecular weight excluding hydrogens is 411 g/mol. The topological polar surface area (TPSA) is 42.0 Å². The molecule has 24 heavy (non-hydrogen) atoms. The molecule has 0 unspecified atom stereocenters. The van der Waals surface area contributed by atoms with Crippen molar-refractivity contribution in [2.45, 2.75) is 13.3 Å². The molecule has 3 aromatic rings. The fourth-order valence-corrected chi connectivity index (χ4v) is 2.69. The van der Waals surface area contributed by atoms with E-state index in [1.54, 1.807) is 0 Å². The molecule has 4 heteroatoms. The molecule has 0 aliphatic carbocycles. The number of aromatic nitrogens is 1. The normalized spacial score (nSPS) is 10.4. The van der Waals surface area contributed by atoms with Crippen molar-refractivity contribution < 1.29 is 4.79 Å². The first-order chi connectivity index (χ1) is 11.7. The molecule has 0 aliphatic heterocycles. The Kier molecular flexibility index (Phi) is 5.25. The second-order valence-electron chi connectivity index (χ2n) is 5.44. The van der Waals surface area contributed by atoms with E-state index in [1.807, 2.05) is 60.8 Å². The zero-order valence-corrected chi connectivity index (χ0v) is 15.4. The highest BCUT2D eigenvalue weighted by molar-refractivity contribution is 14.1. The van der Waals surface area contributed by atoms with Gasteiger partial charge in [-0.15, -0.1) is 0 Å². The quantitative estimate of drug-likeness (QED) is 0.583. The summed E-state index contributed by atoms with van der Waals surface area (Å²) in [5, 5.41) is 2.90. The highest BCUT2D eigenvalue weighted by atomic mass is 127. The minimum Gasteiger partial charge on any atom is -0.322 e. The van der Waals surface area contributed by atoms with Gasteiger partial charge in [0.25, 0.3) is 5.91 Å². The summed E-state index contributed by atoms with van der Waals surface area (Å²) >= 11 is 2.24. The van der Waals surface area contributed by atoms with Gasteiger partial charge in [-0.25, -0.2) is 0 Å². The van der Waals surface area contributed by atoms with E-state index >= 15 is 0 Å². The predicted molar refractivity (Wildman–Crippen MR) is 106 cm³/mol. The summed E-state index contributed by atoms with van der Waals surface area (Å²) < 4.78 is 1.14. The highest BCUT2D eigenvalue weighted by Gasteiger charge is 2.07. The number of rotatable bonds is 4. The third-order valence-corrected chi connectivity index (χ3v) is 4.50. The Morgan fingerprint density at radius 2 is 1.71 bits per heavy atom. The number of carbonyl (C=O) groups is 1. The number of halogens is 1. The van der Waals surface area contributed by atoms with Crippen molar-refractivity contribution in [2.24, 2.45) is 0 Å². The highest BCUT2D eigenvalue weighted by Crippen LogP contribution is 2.19. The molecule has 1 N–H and O–H groups in total. The van der Waals surface area contributed by atoms with Crippen molar-refractivity contribution in [1.82, 2.24) is 4.98 Å². The Balaban J connectivity index is 1.73. The second-order valence-corrected chi connectivity index (χ2v) is 6.69. The minimum absolute atomic E-state index is 0.114. The van der Waals surface area contributed by atoms with Crippen molar-refractivity contribution in [3.8, 4) is 11.3 Å². The van der Waals surface area contributed by atoms with Gasteiger partial charge >= 0.3 is 0 Å². The molecule has 3 nitrogen and oxygen atoms in total. The number of carbonyl (C=O) groups excluding carboxylic acids is 1. The zero-order chi connectivity index (χ0) is 16.9. The summed E-state index contributed by atoms with van der Waals surface area (Å²) in [5.74, 6) is -0.114. The van der Waals surface area contributed by atoms with Gasteiger partial charge < -0.3 is 5.32 Å². The van der Waals surface area contributed by atoms with Gasteiger partial charge in [0.1, 0.15) is 0 Å². The van der Waals surface area contributed by atoms with Crippen molar-refractivity contribution in [3.63, 3.8) is 0 Å². The lowest BCUT2D eigenvalue weighted by molar-refractivity contribution is 0.102. The molecule has 1 aromatic heterocycles. The van der Waals surface area contributed by atoms with E-state index in [-0.39, 0.29) is 5.91 Å². The molecule has 0 saturated heterocycles. The van der Waals surface area contributed by atoms with E-state index in [9.17, 15) is 4.79 Å². The minimum atomic E-state index is -0.114. The number of benzene rings is 2. The molecule has 1 heterocycles. The second kappa shape index (κ2) is 7.57. The molecule has 2 aromatic carbocycles. The van der Waals surface area contributed by atoms with E-state index in [0.717, 1.165) is 26.9 Å². The largest absolute Gasteiger partial charge is 0.322 e. The van der Waals surface area contributed by atoms with Gasteiger partial charge in [0.15, 0.2) is 0 Å². The Bertz CT molecular complexity index is 825. The molecule has 1 amide bonds. The maximum atomic E-state index is 12.3. The maximum absolute atomic E-state index is 12.3. The average molecular weight is 428 g/mol. The van der Waals surface area contributed by atoms with Crippen LogP contribution in [0.1, 0.15) is 22.8 Å². The fraction of sp³-hybridized carbons (Fsp3) is 0.100. The zero-order valence-electron chi connectivity index (χ0n) is 13.3. The third-order valence-electron chi connectivity index (χ3n) is 3.78. The summed E-state index contributed by atoms with van der Waals surface area (Å²) in [4.78, 5) is 16.8. The lowest BCUT2D eigenvalue weighted by Crippen LogP contribution is -2.11. The molecule has 0 atom stereocenters. The van der Waals surface area contributed by atoms with Crippen LogP contribution < -0.4 is 5.32 Å². The monoisotopic (exact) mass is 428 g/mol. The molecule has 0 spiro atoms. The number of pyridine rings is 1. The van der Waals surface area contributed by atoms with Crippen LogP contribution in [0, 0.1) is 3.57 Å². The summed E-state index contributed by atoms with van der Waals surface area (Å²) in [7, 11) is 0. The van der Waals surface area contributed by atoms with Gasteiger partial charge in [-0.1, -0.05) is 25.1 Å². The molecule has 0 saturated carbocycles. The number of anilines is 1. The van der Waals surface area contributed by atoms with Crippen molar-refractivity contribution in [2.75, 3.05) is 5.32 Å². The van der Waals surface area contributed by atoms with E-state index < -0.39 is 0 Å². The standard InChI is InChI=1S/C20H17IN2O/c1-2-14-3-12-19(22-13-14)15-4-6-16(7-5-15)20(24)23-18-10-8-17(21)9-11-18/h3-13H,2H2,1H3,(H,23,24). The Morgan fingerprint density at radius 3 is 2.29 bits per heavy atom. The number of nitrogens with zero attached hydrogens (tertiary/aromatic N) is 1. The predicted octanol–water partition coefficient (Wildman–Crippen LogP) is 5.17. The van der Waals surface area contributed by atoms with Crippen LogP contribution in [0.15, 0.2) is 66.9 Å². The van der Waals surface area contributed by atoms with Crippen LogP contribution in [0.3, 0.4) is 0 Å². The summed E-state index contributed by atoms with van der Waals surface area (Å²) in [6, 6.07) is 19.3. The molecule has 120 valence electrons. The average Bonchev–Trinajstić information content (AvgIpc) is 2.64. The van der Waals surface area contributed by atoms with E-state index in [4.69, 9.17) is 0 Å². The van der Waals surface area contributed by atoms with Crippen LogP contribution in [0.2, 0.25) is 0 Å². The summed E-state index contributed by atoms with van der Waals surface area (Å²) in [5.41, 5.74) is 4.55. The molecule has 0 aliphatic rings. The number of nitrogens with one attached hydrogen (secondary N) is 1. The number of hydrogen-bond acceptors (Lipinski definition) is 2.